The molecular formula is C16H13NO. The first-order valence-corrected chi connectivity index (χ1v) is 6.18. The largest absolute Gasteiger partial charge is 0.339 e. The van der Waals surface area contributed by atoms with E-state index in [1.54, 1.807) is 0 Å². The Labute approximate surface area is 105 Å². The van der Waals surface area contributed by atoms with Crippen molar-refractivity contribution in [2.45, 2.75) is 19.4 Å². The van der Waals surface area contributed by atoms with Gasteiger partial charge in [0.2, 0.25) is 0 Å². The van der Waals surface area contributed by atoms with Crippen LogP contribution in [0.4, 0.5) is 0 Å². The molecular weight excluding hydrogens is 222 g/mol. The van der Waals surface area contributed by atoms with Crippen molar-refractivity contribution in [3.8, 4) is 0 Å². The first kappa shape index (κ1) is 9.89. The lowest BCUT2D eigenvalue weighted by atomic mass is 9.90. The lowest BCUT2D eigenvalue weighted by Crippen LogP contribution is -2.40. The predicted octanol–water partition coefficient (Wildman–Crippen LogP) is 3.05. The lowest BCUT2D eigenvalue weighted by molar-refractivity contribution is 0.0938. The monoisotopic (exact) mass is 235 g/mol. The summed E-state index contributed by atoms with van der Waals surface area (Å²) in [7, 11) is 0. The molecule has 18 heavy (non-hydrogen) atoms. The van der Waals surface area contributed by atoms with E-state index in [1.165, 1.54) is 11.1 Å². The SMILES string of the molecule is Cc1ccc2c3c(ccc2c1)C1=C[C@@]1(C)NC3=O. The van der Waals surface area contributed by atoms with Gasteiger partial charge in [-0.15, -0.1) is 0 Å². The molecule has 1 aliphatic carbocycles. The van der Waals surface area contributed by atoms with Crippen LogP contribution in [-0.2, 0) is 0 Å². The van der Waals surface area contributed by atoms with Gasteiger partial charge in [0.25, 0.3) is 5.91 Å². The second-order valence-corrected chi connectivity index (χ2v) is 5.43. The molecule has 2 aromatic carbocycles. The van der Waals surface area contributed by atoms with Crippen molar-refractivity contribution >= 4 is 22.3 Å². The molecule has 0 saturated heterocycles. The van der Waals surface area contributed by atoms with Crippen molar-refractivity contribution in [1.29, 1.82) is 0 Å². The molecule has 0 radical (unpaired) electrons. The van der Waals surface area contributed by atoms with Crippen molar-refractivity contribution in [2.75, 3.05) is 0 Å². The van der Waals surface area contributed by atoms with E-state index in [0.29, 0.717) is 0 Å². The number of hydrogen-bond acceptors (Lipinski definition) is 1. The second kappa shape index (κ2) is 2.83. The van der Waals surface area contributed by atoms with E-state index in [4.69, 9.17) is 0 Å². The van der Waals surface area contributed by atoms with Gasteiger partial charge < -0.3 is 5.32 Å². The highest BCUT2D eigenvalue weighted by Gasteiger charge is 2.47. The number of nitrogens with one attached hydrogen (secondary N) is 1. The fourth-order valence-electron chi connectivity index (χ4n) is 2.93. The number of carbonyl (C=O) groups is 1. The van der Waals surface area contributed by atoms with Gasteiger partial charge >= 0.3 is 0 Å². The Hall–Kier alpha value is -2.09. The normalized spacial score (nSPS) is 24.1. The Morgan fingerprint density at radius 2 is 2.00 bits per heavy atom. The van der Waals surface area contributed by atoms with Crippen LogP contribution in [0.3, 0.4) is 0 Å². The molecule has 4 rings (SSSR count). The van der Waals surface area contributed by atoms with Crippen LogP contribution in [0.1, 0.15) is 28.4 Å². The Bertz CT molecular complexity index is 757. The zero-order valence-electron chi connectivity index (χ0n) is 10.4. The molecule has 0 unspecified atom stereocenters. The van der Waals surface area contributed by atoms with E-state index in [9.17, 15) is 4.79 Å². The van der Waals surface area contributed by atoms with Crippen LogP contribution in [0.25, 0.3) is 16.3 Å². The summed E-state index contributed by atoms with van der Waals surface area (Å²) in [6.45, 7) is 4.11. The van der Waals surface area contributed by atoms with Gasteiger partial charge in [0, 0.05) is 0 Å². The average molecular weight is 235 g/mol. The Balaban J connectivity index is 2.09. The molecule has 1 N–H and O–H groups in total. The number of rotatable bonds is 0. The minimum Gasteiger partial charge on any atom is -0.339 e. The fraction of sp³-hybridized carbons (Fsp3) is 0.188. The Morgan fingerprint density at radius 1 is 1.17 bits per heavy atom. The van der Waals surface area contributed by atoms with Gasteiger partial charge in [-0.05, 0) is 41.8 Å². The molecule has 2 aromatic rings. The lowest BCUT2D eigenvalue weighted by Gasteiger charge is -2.24. The quantitative estimate of drug-likeness (QED) is 0.747. The molecule has 1 aliphatic heterocycles. The summed E-state index contributed by atoms with van der Waals surface area (Å²) >= 11 is 0. The number of hydrogen-bond donors (Lipinski definition) is 1. The van der Waals surface area contributed by atoms with Crippen molar-refractivity contribution in [2.24, 2.45) is 0 Å². The molecule has 2 aliphatic rings. The fourth-order valence-corrected chi connectivity index (χ4v) is 2.93. The van der Waals surface area contributed by atoms with Crippen molar-refractivity contribution < 1.29 is 4.79 Å². The third kappa shape index (κ3) is 1.10. The summed E-state index contributed by atoms with van der Waals surface area (Å²) < 4.78 is 0. The highest BCUT2D eigenvalue weighted by Crippen LogP contribution is 2.48. The predicted molar refractivity (Wildman–Crippen MR) is 72.5 cm³/mol. The van der Waals surface area contributed by atoms with Gasteiger partial charge in [-0.25, -0.2) is 0 Å². The molecule has 2 heteroatoms. The highest BCUT2D eigenvalue weighted by atomic mass is 16.2. The Kier molecular flexibility index (Phi) is 1.56. The van der Waals surface area contributed by atoms with Crippen molar-refractivity contribution in [1.82, 2.24) is 5.32 Å². The minimum atomic E-state index is -0.192. The standard InChI is InChI=1S/C16H13NO/c1-9-3-5-11-10(7-9)4-6-12-13-8-16(13,2)17-15(18)14(11)12/h3-8H,1-2H3,(H,17,18)/t16-/m1/s1. The first-order valence-electron chi connectivity index (χ1n) is 6.18. The third-order valence-electron chi connectivity index (χ3n) is 3.97. The van der Waals surface area contributed by atoms with Gasteiger partial charge in [-0.1, -0.05) is 35.9 Å². The van der Waals surface area contributed by atoms with Crippen molar-refractivity contribution in [3.63, 3.8) is 0 Å². The second-order valence-electron chi connectivity index (χ2n) is 5.43. The maximum Gasteiger partial charge on any atom is 0.253 e. The minimum absolute atomic E-state index is 0.0412. The molecule has 0 aromatic heterocycles. The summed E-state index contributed by atoms with van der Waals surface area (Å²) in [5.41, 5.74) is 4.20. The van der Waals surface area contributed by atoms with E-state index in [2.05, 4.69) is 48.6 Å². The van der Waals surface area contributed by atoms with Gasteiger partial charge in [0.1, 0.15) is 0 Å². The smallest absolute Gasteiger partial charge is 0.253 e. The maximum absolute atomic E-state index is 12.3. The van der Waals surface area contributed by atoms with E-state index in [0.717, 1.165) is 21.9 Å². The molecule has 0 fully saturated rings. The summed E-state index contributed by atoms with van der Waals surface area (Å²) in [5, 5.41) is 5.24. The maximum atomic E-state index is 12.3. The average Bonchev–Trinajstić information content (AvgIpc) is 2.99. The van der Waals surface area contributed by atoms with Crippen molar-refractivity contribution in [3.05, 3.63) is 53.1 Å². The number of fused-ring (bicyclic) bond motifs is 5. The molecule has 0 spiro atoms. The molecule has 88 valence electrons. The number of aryl methyl sites for hydroxylation is 1. The van der Waals surface area contributed by atoms with Crippen LogP contribution in [-0.4, -0.2) is 11.4 Å². The Morgan fingerprint density at radius 3 is 2.83 bits per heavy atom. The van der Waals surface area contributed by atoms with E-state index >= 15 is 0 Å². The molecule has 0 saturated carbocycles. The molecule has 1 heterocycles. The van der Waals surface area contributed by atoms with Crippen LogP contribution in [0.5, 0.6) is 0 Å². The van der Waals surface area contributed by atoms with Gasteiger partial charge in [-0.3, -0.25) is 4.79 Å². The van der Waals surface area contributed by atoms with Crippen LogP contribution in [0.2, 0.25) is 0 Å². The zero-order chi connectivity index (χ0) is 12.5. The summed E-state index contributed by atoms with van der Waals surface area (Å²) in [6, 6.07) is 10.4. The van der Waals surface area contributed by atoms with Crippen LogP contribution >= 0.6 is 0 Å². The molecule has 1 atom stereocenters. The van der Waals surface area contributed by atoms with Gasteiger partial charge in [-0.2, -0.15) is 0 Å². The van der Waals surface area contributed by atoms with E-state index in [-0.39, 0.29) is 11.4 Å². The van der Waals surface area contributed by atoms with Crippen LogP contribution < -0.4 is 5.32 Å². The van der Waals surface area contributed by atoms with E-state index < -0.39 is 0 Å². The molecule has 1 amide bonds. The number of benzene rings is 2. The number of carbonyl (C=O) groups excluding carboxylic acids is 1. The molecule has 0 bridgehead atoms. The molecule has 2 nitrogen and oxygen atoms in total. The third-order valence-corrected chi connectivity index (χ3v) is 3.97. The highest BCUT2D eigenvalue weighted by molar-refractivity contribution is 6.17. The van der Waals surface area contributed by atoms with Crippen LogP contribution in [0.15, 0.2) is 36.4 Å². The summed E-state index contributed by atoms with van der Waals surface area (Å²) in [6.07, 6.45) is 2.12. The first-order chi connectivity index (χ1) is 8.58. The number of amides is 1. The van der Waals surface area contributed by atoms with Gasteiger partial charge in [0.05, 0.1) is 11.1 Å². The summed E-state index contributed by atoms with van der Waals surface area (Å²) in [5.74, 6) is 0.0412. The topological polar surface area (TPSA) is 29.1 Å². The summed E-state index contributed by atoms with van der Waals surface area (Å²) in [4.78, 5) is 12.3. The van der Waals surface area contributed by atoms with E-state index in [1.807, 2.05) is 6.92 Å². The zero-order valence-corrected chi connectivity index (χ0v) is 10.4. The van der Waals surface area contributed by atoms with Gasteiger partial charge in [0.15, 0.2) is 0 Å². The van der Waals surface area contributed by atoms with Crippen LogP contribution in [0, 0.1) is 6.92 Å².